The molecule has 124 valence electrons. The highest BCUT2D eigenvalue weighted by molar-refractivity contribution is 5.87. The number of likely N-dealkylation sites (tertiary alicyclic amines) is 1. The van der Waals surface area contributed by atoms with Gasteiger partial charge in [0.15, 0.2) is 0 Å². The summed E-state index contributed by atoms with van der Waals surface area (Å²) in [5, 5.41) is 0. The summed E-state index contributed by atoms with van der Waals surface area (Å²) in [7, 11) is 1.38. The van der Waals surface area contributed by atoms with Crippen LogP contribution in [0.2, 0.25) is 0 Å². The number of nitrogens with zero attached hydrogens (tertiary/aromatic N) is 1. The van der Waals surface area contributed by atoms with Crippen LogP contribution in [0, 0.1) is 5.92 Å². The van der Waals surface area contributed by atoms with E-state index >= 15 is 0 Å². The second kappa shape index (κ2) is 7.30. The van der Waals surface area contributed by atoms with Crippen LogP contribution in [0.1, 0.15) is 30.0 Å². The number of carbonyl (C=O) groups is 2. The molecule has 0 aromatic heterocycles. The third-order valence-corrected chi connectivity index (χ3v) is 4.54. The van der Waals surface area contributed by atoms with Gasteiger partial charge in [-0.1, -0.05) is 60.7 Å². The minimum atomic E-state index is -0.267. The molecule has 1 amide bonds. The molecule has 24 heavy (non-hydrogen) atoms. The van der Waals surface area contributed by atoms with Gasteiger partial charge in [-0.3, -0.25) is 9.59 Å². The van der Waals surface area contributed by atoms with Gasteiger partial charge in [-0.25, -0.2) is 0 Å². The van der Waals surface area contributed by atoms with E-state index in [0.29, 0.717) is 13.0 Å². The molecule has 2 aromatic carbocycles. The molecule has 0 saturated carbocycles. The van der Waals surface area contributed by atoms with E-state index in [0.717, 1.165) is 11.1 Å². The van der Waals surface area contributed by atoms with Crippen LogP contribution in [0.25, 0.3) is 0 Å². The van der Waals surface area contributed by atoms with Crippen molar-refractivity contribution < 1.29 is 14.3 Å². The molecule has 1 heterocycles. The van der Waals surface area contributed by atoms with Crippen molar-refractivity contribution in [3.05, 3.63) is 71.8 Å². The van der Waals surface area contributed by atoms with Crippen molar-refractivity contribution in [1.82, 2.24) is 4.90 Å². The van der Waals surface area contributed by atoms with Gasteiger partial charge in [0.1, 0.15) is 0 Å². The van der Waals surface area contributed by atoms with E-state index in [4.69, 9.17) is 4.74 Å². The van der Waals surface area contributed by atoms with Gasteiger partial charge in [0, 0.05) is 13.0 Å². The van der Waals surface area contributed by atoms with Crippen LogP contribution in [0.3, 0.4) is 0 Å². The van der Waals surface area contributed by atoms with E-state index in [2.05, 4.69) is 0 Å². The fourth-order valence-electron chi connectivity index (χ4n) is 3.30. The SMILES string of the molecule is COC(=O)CCC1C(=O)N(Cc2ccccc2)C1c1ccccc1. The van der Waals surface area contributed by atoms with Gasteiger partial charge in [0.25, 0.3) is 0 Å². The van der Waals surface area contributed by atoms with Gasteiger partial charge in [-0.15, -0.1) is 0 Å². The Hall–Kier alpha value is -2.62. The molecular formula is C20H21NO3. The first-order valence-electron chi connectivity index (χ1n) is 8.17. The summed E-state index contributed by atoms with van der Waals surface area (Å²) >= 11 is 0. The Bertz CT molecular complexity index is 699. The summed E-state index contributed by atoms with van der Waals surface area (Å²) in [5.41, 5.74) is 2.22. The molecule has 0 N–H and O–H groups in total. The van der Waals surface area contributed by atoms with E-state index < -0.39 is 0 Å². The molecule has 2 atom stereocenters. The molecule has 0 bridgehead atoms. The number of hydrogen-bond acceptors (Lipinski definition) is 3. The maximum Gasteiger partial charge on any atom is 0.305 e. The van der Waals surface area contributed by atoms with E-state index in [-0.39, 0.29) is 30.3 Å². The lowest BCUT2D eigenvalue weighted by Gasteiger charge is -2.47. The highest BCUT2D eigenvalue weighted by Crippen LogP contribution is 2.43. The normalized spacial score (nSPS) is 19.7. The number of β-lactam (4-membered cyclic amide) rings is 1. The Labute approximate surface area is 142 Å². The summed E-state index contributed by atoms with van der Waals surface area (Å²) in [4.78, 5) is 26.0. The minimum Gasteiger partial charge on any atom is -0.469 e. The molecule has 1 aliphatic heterocycles. The molecule has 4 heteroatoms. The van der Waals surface area contributed by atoms with Gasteiger partial charge in [-0.2, -0.15) is 0 Å². The Morgan fingerprint density at radius 2 is 1.67 bits per heavy atom. The molecule has 3 rings (SSSR count). The first kappa shape index (κ1) is 16.2. The van der Waals surface area contributed by atoms with Crippen molar-refractivity contribution in [3.8, 4) is 0 Å². The summed E-state index contributed by atoms with van der Waals surface area (Å²) in [5.74, 6) is -0.317. The highest BCUT2D eigenvalue weighted by atomic mass is 16.5. The number of ether oxygens (including phenoxy) is 1. The number of hydrogen-bond donors (Lipinski definition) is 0. The zero-order chi connectivity index (χ0) is 16.9. The molecular weight excluding hydrogens is 302 g/mol. The second-order valence-electron chi connectivity index (χ2n) is 6.03. The fraction of sp³-hybridized carbons (Fsp3) is 0.300. The van der Waals surface area contributed by atoms with Crippen molar-refractivity contribution in [1.29, 1.82) is 0 Å². The van der Waals surface area contributed by atoms with Crippen molar-refractivity contribution in [2.75, 3.05) is 7.11 Å². The predicted octanol–water partition coefficient (Wildman–Crippen LogP) is 3.34. The Morgan fingerprint density at radius 3 is 2.29 bits per heavy atom. The third kappa shape index (κ3) is 3.32. The quantitative estimate of drug-likeness (QED) is 0.605. The highest BCUT2D eigenvalue weighted by Gasteiger charge is 2.47. The number of benzene rings is 2. The van der Waals surface area contributed by atoms with Gasteiger partial charge < -0.3 is 9.64 Å². The van der Waals surface area contributed by atoms with Gasteiger partial charge in [0.05, 0.1) is 19.1 Å². The largest absolute Gasteiger partial charge is 0.469 e. The first-order chi connectivity index (χ1) is 11.7. The second-order valence-corrected chi connectivity index (χ2v) is 6.03. The molecule has 0 spiro atoms. The van der Waals surface area contributed by atoms with Gasteiger partial charge in [-0.05, 0) is 17.5 Å². The summed E-state index contributed by atoms with van der Waals surface area (Å²) in [6.07, 6.45) is 0.797. The first-order valence-corrected chi connectivity index (χ1v) is 8.17. The fourth-order valence-corrected chi connectivity index (χ4v) is 3.30. The van der Waals surface area contributed by atoms with Crippen LogP contribution in [-0.2, 0) is 20.9 Å². The van der Waals surface area contributed by atoms with Crippen molar-refractivity contribution in [2.45, 2.75) is 25.4 Å². The Kier molecular flexibility index (Phi) is 4.94. The van der Waals surface area contributed by atoms with Crippen LogP contribution in [0.4, 0.5) is 0 Å². The van der Waals surface area contributed by atoms with Gasteiger partial charge in [0.2, 0.25) is 5.91 Å². The maximum atomic E-state index is 12.6. The van der Waals surface area contributed by atoms with Crippen molar-refractivity contribution >= 4 is 11.9 Å². The number of rotatable bonds is 6. The number of esters is 1. The van der Waals surface area contributed by atoms with Crippen LogP contribution in [0.5, 0.6) is 0 Å². The maximum absolute atomic E-state index is 12.6. The molecule has 4 nitrogen and oxygen atoms in total. The average molecular weight is 323 g/mol. The van der Waals surface area contributed by atoms with Crippen molar-refractivity contribution in [3.63, 3.8) is 0 Å². The van der Waals surface area contributed by atoms with Crippen LogP contribution in [0.15, 0.2) is 60.7 Å². The topological polar surface area (TPSA) is 46.6 Å². The van der Waals surface area contributed by atoms with E-state index in [1.54, 1.807) is 0 Å². The number of amides is 1. The lowest BCUT2D eigenvalue weighted by molar-refractivity contribution is -0.159. The van der Waals surface area contributed by atoms with E-state index in [1.165, 1.54) is 7.11 Å². The summed E-state index contributed by atoms with van der Waals surface area (Å²) < 4.78 is 4.70. The lowest BCUT2D eigenvalue weighted by atomic mass is 9.79. The number of methoxy groups -OCH3 is 1. The van der Waals surface area contributed by atoms with Crippen LogP contribution >= 0.6 is 0 Å². The zero-order valence-corrected chi connectivity index (χ0v) is 13.7. The van der Waals surface area contributed by atoms with Gasteiger partial charge >= 0.3 is 5.97 Å². The van der Waals surface area contributed by atoms with E-state index in [9.17, 15) is 9.59 Å². The zero-order valence-electron chi connectivity index (χ0n) is 13.7. The molecule has 1 saturated heterocycles. The number of carbonyl (C=O) groups excluding carboxylic acids is 2. The summed E-state index contributed by atoms with van der Waals surface area (Å²) in [6, 6.07) is 20.0. The van der Waals surface area contributed by atoms with E-state index in [1.807, 2.05) is 65.6 Å². The summed E-state index contributed by atoms with van der Waals surface area (Å²) in [6.45, 7) is 0.591. The smallest absolute Gasteiger partial charge is 0.305 e. The Balaban J connectivity index is 1.78. The predicted molar refractivity (Wildman–Crippen MR) is 90.9 cm³/mol. The van der Waals surface area contributed by atoms with Crippen LogP contribution < -0.4 is 0 Å². The Morgan fingerprint density at radius 1 is 1.04 bits per heavy atom. The minimum absolute atomic E-state index is 0.0172. The third-order valence-electron chi connectivity index (χ3n) is 4.54. The molecule has 0 radical (unpaired) electrons. The standard InChI is InChI=1S/C20H21NO3/c1-24-18(22)13-12-17-19(16-10-6-3-7-11-16)21(20(17)23)14-15-8-4-2-5-9-15/h2-11,17,19H,12-14H2,1H3. The molecule has 2 aromatic rings. The molecule has 1 aliphatic rings. The average Bonchev–Trinajstić information content (AvgIpc) is 2.64. The lowest BCUT2D eigenvalue weighted by Crippen LogP contribution is -2.54. The van der Waals surface area contributed by atoms with Crippen molar-refractivity contribution in [2.24, 2.45) is 5.92 Å². The molecule has 2 unspecified atom stereocenters. The molecule has 0 aliphatic carbocycles. The molecule has 1 fully saturated rings. The van der Waals surface area contributed by atoms with Crippen LogP contribution in [-0.4, -0.2) is 23.9 Å². The monoisotopic (exact) mass is 323 g/mol.